The van der Waals surface area contributed by atoms with Crippen LogP contribution in [0.3, 0.4) is 0 Å². The Kier molecular flexibility index (Phi) is 4.91. The molecule has 48 heavy (non-hydrogen) atoms. The van der Waals surface area contributed by atoms with E-state index in [4.69, 9.17) is 4.74 Å². The molecule has 0 bridgehead atoms. The molecule has 0 fully saturated rings. The highest BCUT2D eigenvalue weighted by Gasteiger charge is 2.36. The first-order valence-corrected chi connectivity index (χ1v) is 16.7. The van der Waals surface area contributed by atoms with E-state index in [2.05, 4.69) is 163 Å². The first kappa shape index (κ1) is 26.1. The van der Waals surface area contributed by atoms with E-state index in [-0.39, 0.29) is 5.41 Å². The lowest BCUT2D eigenvalue weighted by Gasteiger charge is -2.23. The van der Waals surface area contributed by atoms with Crippen LogP contribution in [0.2, 0.25) is 0 Å². The molecule has 3 heteroatoms. The Morgan fingerprint density at radius 2 is 1.06 bits per heavy atom. The molecule has 226 valence electrons. The Bertz CT molecular complexity index is 2790. The number of nitrogens with zero attached hydrogens (tertiary/aromatic N) is 2. The number of aromatic nitrogens is 2. The summed E-state index contributed by atoms with van der Waals surface area (Å²) in [7, 11) is 0. The highest BCUT2D eigenvalue weighted by atomic mass is 16.5. The summed E-state index contributed by atoms with van der Waals surface area (Å²) in [6, 6.07) is 53.1. The highest BCUT2D eigenvalue weighted by molar-refractivity contribution is 6.18. The molecule has 0 N–H and O–H groups in total. The minimum absolute atomic E-state index is 0.171. The zero-order valence-electron chi connectivity index (χ0n) is 26.7. The van der Waals surface area contributed by atoms with Gasteiger partial charge in [0.15, 0.2) is 11.5 Å². The molecule has 2 aliphatic rings. The average Bonchev–Trinajstić information content (AvgIpc) is 3.73. The molecular formula is C45H30N2O. The molecule has 3 heterocycles. The second-order valence-corrected chi connectivity index (χ2v) is 13.7. The number of ether oxygens (including phenoxy) is 1. The minimum atomic E-state index is -0.171. The SMILES string of the molecule is CC1(C)c2cc(-c3ccc4c5c3c3ccccc3n5-c3ccccc3O4)ccc2-c2ccc(-n3c4ccccc4c4ccccc43)cc21. The van der Waals surface area contributed by atoms with Crippen molar-refractivity contribution < 1.29 is 4.74 Å². The molecule has 9 aromatic rings. The molecule has 3 nitrogen and oxygen atoms in total. The van der Waals surface area contributed by atoms with Gasteiger partial charge in [0.05, 0.1) is 27.8 Å². The van der Waals surface area contributed by atoms with Crippen LogP contribution in [0.15, 0.2) is 146 Å². The molecule has 0 atom stereocenters. The van der Waals surface area contributed by atoms with Crippen molar-refractivity contribution in [3.63, 3.8) is 0 Å². The van der Waals surface area contributed by atoms with Crippen LogP contribution in [0.5, 0.6) is 11.5 Å². The van der Waals surface area contributed by atoms with Gasteiger partial charge in [-0.3, -0.25) is 0 Å². The molecule has 1 aliphatic heterocycles. The fourth-order valence-electron chi connectivity index (χ4n) is 8.72. The van der Waals surface area contributed by atoms with E-state index in [1.807, 2.05) is 6.07 Å². The lowest BCUT2D eigenvalue weighted by Crippen LogP contribution is -2.15. The molecule has 1 aliphatic carbocycles. The van der Waals surface area contributed by atoms with Crippen molar-refractivity contribution in [3.8, 4) is 45.1 Å². The fourth-order valence-corrected chi connectivity index (χ4v) is 8.72. The summed E-state index contributed by atoms with van der Waals surface area (Å²) < 4.78 is 11.3. The van der Waals surface area contributed by atoms with Crippen molar-refractivity contribution in [2.24, 2.45) is 0 Å². The van der Waals surface area contributed by atoms with Gasteiger partial charge in [-0.05, 0) is 94.0 Å². The van der Waals surface area contributed by atoms with E-state index >= 15 is 0 Å². The molecular weight excluding hydrogens is 585 g/mol. The predicted octanol–water partition coefficient (Wildman–Crippen LogP) is 12.0. The molecule has 11 rings (SSSR count). The van der Waals surface area contributed by atoms with Gasteiger partial charge in [-0.1, -0.05) is 98.8 Å². The van der Waals surface area contributed by atoms with Crippen LogP contribution in [0.1, 0.15) is 25.0 Å². The number of benzene rings is 7. The molecule has 0 amide bonds. The van der Waals surface area contributed by atoms with Crippen LogP contribution in [-0.4, -0.2) is 9.13 Å². The molecule has 0 saturated carbocycles. The van der Waals surface area contributed by atoms with Crippen molar-refractivity contribution >= 4 is 43.6 Å². The zero-order valence-corrected chi connectivity index (χ0v) is 26.7. The van der Waals surface area contributed by atoms with E-state index in [0.717, 1.165) is 22.7 Å². The lowest BCUT2D eigenvalue weighted by molar-refractivity contribution is 0.476. The molecule has 0 saturated heterocycles. The molecule has 0 unspecified atom stereocenters. The van der Waals surface area contributed by atoms with E-state index in [1.165, 1.54) is 77.2 Å². The normalized spacial score (nSPS) is 14.0. The van der Waals surface area contributed by atoms with Gasteiger partial charge in [0, 0.05) is 32.6 Å². The molecule has 0 spiro atoms. The fraction of sp³-hybridized carbons (Fsp3) is 0.0667. The smallest absolute Gasteiger partial charge is 0.152 e. The van der Waals surface area contributed by atoms with Crippen LogP contribution >= 0.6 is 0 Å². The number of para-hydroxylation sites is 5. The first-order chi connectivity index (χ1) is 23.6. The predicted molar refractivity (Wildman–Crippen MR) is 198 cm³/mol. The maximum Gasteiger partial charge on any atom is 0.152 e. The largest absolute Gasteiger partial charge is 0.453 e. The topological polar surface area (TPSA) is 19.1 Å². The van der Waals surface area contributed by atoms with Gasteiger partial charge in [0.25, 0.3) is 0 Å². The van der Waals surface area contributed by atoms with Crippen LogP contribution < -0.4 is 4.74 Å². The minimum Gasteiger partial charge on any atom is -0.453 e. The third-order valence-corrected chi connectivity index (χ3v) is 10.9. The van der Waals surface area contributed by atoms with Crippen molar-refractivity contribution in [3.05, 3.63) is 157 Å². The second kappa shape index (κ2) is 9.05. The summed E-state index contributed by atoms with van der Waals surface area (Å²) in [6.45, 7) is 4.76. The molecule has 2 aromatic heterocycles. The Morgan fingerprint density at radius 3 is 1.81 bits per heavy atom. The monoisotopic (exact) mass is 614 g/mol. The van der Waals surface area contributed by atoms with Crippen LogP contribution in [0.25, 0.3) is 77.2 Å². The highest BCUT2D eigenvalue weighted by Crippen LogP contribution is 2.53. The molecule has 0 radical (unpaired) electrons. The van der Waals surface area contributed by atoms with E-state index < -0.39 is 0 Å². The average molecular weight is 615 g/mol. The third kappa shape index (κ3) is 3.23. The zero-order chi connectivity index (χ0) is 31.7. The maximum atomic E-state index is 6.49. The summed E-state index contributed by atoms with van der Waals surface area (Å²) in [5.74, 6) is 1.79. The van der Waals surface area contributed by atoms with E-state index in [1.54, 1.807) is 0 Å². The number of fused-ring (bicyclic) bond motifs is 11. The lowest BCUT2D eigenvalue weighted by atomic mass is 9.81. The Hall–Kier alpha value is -6.06. The Balaban J connectivity index is 1.10. The summed E-state index contributed by atoms with van der Waals surface area (Å²) in [5.41, 5.74) is 14.7. The van der Waals surface area contributed by atoms with Crippen molar-refractivity contribution in [1.29, 1.82) is 0 Å². The van der Waals surface area contributed by atoms with Gasteiger partial charge < -0.3 is 13.9 Å². The van der Waals surface area contributed by atoms with Gasteiger partial charge in [-0.2, -0.15) is 0 Å². The quantitative estimate of drug-likeness (QED) is 0.190. The summed E-state index contributed by atoms with van der Waals surface area (Å²) >= 11 is 0. The third-order valence-electron chi connectivity index (χ3n) is 10.9. The van der Waals surface area contributed by atoms with E-state index in [9.17, 15) is 0 Å². The first-order valence-electron chi connectivity index (χ1n) is 16.7. The van der Waals surface area contributed by atoms with Gasteiger partial charge in [-0.15, -0.1) is 0 Å². The van der Waals surface area contributed by atoms with Gasteiger partial charge >= 0.3 is 0 Å². The van der Waals surface area contributed by atoms with Gasteiger partial charge in [0.2, 0.25) is 0 Å². The summed E-state index contributed by atoms with van der Waals surface area (Å²) in [5, 5.41) is 5.05. The Labute approximate surface area is 277 Å². The summed E-state index contributed by atoms with van der Waals surface area (Å²) in [6.07, 6.45) is 0. The number of hydrogen-bond donors (Lipinski definition) is 0. The number of hydrogen-bond acceptors (Lipinski definition) is 1. The van der Waals surface area contributed by atoms with Crippen molar-refractivity contribution in [2.45, 2.75) is 19.3 Å². The van der Waals surface area contributed by atoms with Crippen molar-refractivity contribution in [1.82, 2.24) is 9.13 Å². The van der Waals surface area contributed by atoms with Gasteiger partial charge in [0.1, 0.15) is 0 Å². The number of rotatable bonds is 2. The summed E-state index contributed by atoms with van der Waals surface area (Å²) in [4.78, 5) is 0. The Morgan fingerprint density at radius 1 is 0.479 bits per heavy atom. The van der Waals surface area contributed by atoms with Crippen LogP contribution in [0.4, 0.5) is 0 Å². The van der Waals surface area contributed by atoms with Gasteiger partial charge in [-0.25, -0.2) is 0 Å². The van der Waals surface area contributed by atoms with E-state index in [0.29, 0.717) is 0 Å². The maximum absolute atomic E-state index is 6.49. The van der Waals surface area contributed by atoms with Crippen LogP contribution in [-0.2, 0) is 5.41 Å². The van der Waals surface area contributed by atoms with Crippen molar-refractivity contribution in [2.75, 3.05) is 0 Å². The molecule has 7 aromatic carbocycles. The standard InChI is InChI=1S/C45H30N2O/c1-45(2)35-25-27(29-23-24-42-44-43(29)34-13-5-8-16-39(34)47(44)40-17-9-10-18-41(40)48-42)19-21-30(35)31-22-20-28(26-36(31)45)46-37-14-6-3-11-32(37)33-12-4-7-15-38(33)46/h3-26H,1-2H3. The van der Waals surface area contributed by atoms with Crippen LogP contribution in [0, 0.1) is 0 Å². The second-order valence-electron chi connectivity index (χ2n) is 13.7.